The summed E-state index contributed by atoms with van der Waals surface area (Å²) in [4.78, 5) is 31.7. The molecule has 1 aliphatic rings. The maximum Gasteiger partial charge on any atom is 0.338 e. The zero-order chi connectivity index (χ0) is 25.7. The molecule has 0 bridgehead atoms. The Morgan fingerprint density at radius 1 is 1.17 bits per heavy atom. The minimum absolute atomic E-state index is 0.0974. The number of ether oxygens (including phenoxy) is 3. The van der Waals surface area contributed by atoms with Crippen LogP contribution in [-0.2, 0) is 9.53 Å². The van der Waals surface area contributed by atoms with Gasteiger partial charge in [-0.1, -0.05) is 54.7 Å². The number of hydrogen-bond acceptors (Lipinski definition) is 8. The largest absolute Gasteiger partial charge is 0.490 e. The minimum Gasteiger partial charge on any atom is -0.490 e. The molecule has 0 aliphatic carbocycles. The predicted molar refractivity (Wildman–Crippen MR) is 136 cm³/mol. The number of fused-ring (bicyclic) bond motifs is 1. The molecule has 0 fully saturated rings. The molecule has 0 spiro atoms. The summed E-state index contributed by atoms with van der Waals surface area (Å²) in [6.45, 7) is 4.09. The number of thiazole rings is 1. The fourth-order valence-corrected chi connectivity index (χ4v) is 5.10. The number of methoxy groups -OCH3 is 1. The van der Waals surface area contributed by atoms with E-state index < -0.39 is 12.0 Å². The van der Waals surface area contributed by atoms with Crippen molar-refractivity contribution in [1.82, 2.24) is 4.57 Å². The van der Waals surface area contributed by atoms with E-state index >= 15 is 0 Å². The number of benzene rings is 2. The molecule has 36 heavy (non-hydrogen) atoms. The normalized spacial score (nSPS) is 15.1. The second-order valence-corrected chi connectivity index (χ2v) is 8.79. The van der Waals surface area contributed by atoms with E-state index in [-0.39, 0.29) is 12.2 Å². The zero-order valence-corrected chi connectivity index (χ0v) is 21.0. The number of hydrogen-bond donors (Lipinski definition) is 0. The Morgan fingerprint density at radius 2 is 1.94 bits per heavy atom. The van der Waals surface area contributed by atoms with Crippen LogP contribution >= 0.6 is 11.3 Å². The number of esters is 1. The molecule has 1 aliphatic heterocycles. The van der Waals surface area contributed by atoms with Crippen LogP contribution in [0.4, 0.5) is 0 Å². The van der Waals surface area contributed by atoms with Gasteiger partial charge in [0.2, 0.25) is 0 Å². The van der Waals surface area contributed by atoms with Crippen LogP contribution in [0.2, 0.25) is 0 Å². The monoisotopic (exact) mass is 503 g/mol. The Morgan fingerprint density at radius 3 is 2.61 bits per heavy atom. The molecule has 1 aromatic heterocycles. The number of nitriles is 1. The first-order valence-electron chi connectivity index (χ1n) is 11.5. The highest BCUT2D eigenvalue weighted by Gasteiger charge is 2.33. The molecule has 1 atom stereocenters. The summed E-state index contributed by atoms with van der Waals surface area (Å²) in [5.74, 6) is 0.433. The van der Waals surface area contributed by atoms with Crippen LogP contribution in [0, 0.1) is 11.3 Å². The maximum absolute atomic E-state index is 13.7. The molecule has 0 radical (unpaired) electrons. The SMILES string of the molecule is CCOc1cc(/C=c2\sc3n(c2=O)[C@@H](c2ccccc2)C(C(=O)OC)=C(CC)N=3)ccc1OCC#N. The quantitative estimate of drug-likeness (QED) is 0.438. The Kier molecular flexibility index (Phi) is 7.66. The van der Waals surface area contributed by atoms with Gasteiger partial charge in [-0.15, -0.1) is 0 Å². The summed E-state index contributed by atoms with van der Waals surface area (Å²) in [7, 11) is 1.33. The van der Waals surface area contributed by atoms with E-state index in [1.54, 1.807) is 28.8 Å². The Labute approximate surface area is 212 Å². The van der Waals surface area contributed by atoms with Gasteiger partial charge in [0.25, 0.3) is 5.56 Å². The molecule has 184 valence electrons. The zero-order valence-electron chi connectivity index (χ0n) is 20.2. The second-order valence-electron chi connectivity index (χ2n) is 7.78. The highest BCUT2D eigenvalue weighted by atomic mass is 32.1. The van der Waals surface area contributed by atoms with E-state index in [9.17, 15) is 9.59 Å². The third kappa shape index (κ3) is 4.81. The molecule has 4 rings (SSSR count). The number of allylic oxidation sites excluding steroid dienone is 1. The maximum atomic E-state index is 13.7. The fourth-order valence-electron chi connectivity index (χ4n) is 4.08. The van der Waals surface area contributed by atoms with Crippen molar-refractivity contribution in [2.75, 3.05) is 20.3 Å². The molecule has 0 amide bonds. The van der Waals surface area contributed by atoms with Crippen molar-refractivity contribution in [3.8, 4) is 17.6 Å². The summed E-state index contributed by atoms with van der Waals surface area (Å²) in [5, 5.41) is 8.82. The first-order valence-corrected chi connectivity index (χ1v) is 12.3. The van der Waals surface area contributed by atoms with Crippen molar-refractivity contribution in [1.29, 1.82) is 5.26 Å². The molecular formula is C27H25N3O5S. The fraction of sp³-hybridized carbons (Fsp3) is 0.259. The smallest absolute Gasteiger partial charge is 0.338 e. The van der Waals surface area contributed by atoms with Crippen molar-refractivity contribution in [3.05, 3.63) is 90.6 Å². The summed E-state index contributed by atoms with van der Waals surface area (Å²) in [6.07, 6.45) is 2.27. The summed E-state index contributed by atoms with van der Waals surface area (Å²) in [6, 6.07) is 16.0. The molecule has 2 heterocycles. The van der Waals surface area contributed by atoms with Gasteiger partial charge in [0, 0.05) is 0 Å². The van der Waals surface area contributed by atoms with Crippen molar-refractivity contribution >= 4 is 23.4 Å². The Hall–Kier alpha value is -4.16. The Balaban J connectivity index is 1.89. The lowest BCUT2D eigenvalue weighted by Crippen LogP contribution is -2.40. The van der Waals surface area contributed by atoms with E-state index in [0.29, 0.717) is 45.1 Å². The average molecular weight is 504 g/mol. The van der Waals surface area contributed by atoms with E-state index in [0.717, 1.165) is 11.1 Å². The van der Waals surface area contributed by atoms with Crippen LogP contribution < -0.4 is 24.4 Å². The number of carbonyl (C=O) groups excluding carboxylic acids is 1. The molecule has 2 aromatic carbocycles. The summed E-state index contributed by atoms with van der Waals surface area (Å²) >= 11 is 1.26. The summed E-state index contributed by atoms with van der Waals surface area (Å²) in [5.41, 5.74) is 2.23. The number of nitrogens with zero attached hydrogens (tertiary/aromatic N) is 3. The van der Waals surface area contributed by atoms with Gasteiger partial charge in [-0.3, -0.25) is 9.36 Å². The lowest BCUT2D eigenvalue weighted by molar-refractivity contribution is -0.136. The number of rotatable bonds is 8. The molecule has 0 saturated carbocycles. The first kappa shape index (κ1) is 24.9. The minimum atomic E-state index is -0.646. The van der Waals surface area contributed by atoms with Gasteiger partial charge in [-0.25, -0.2) is 9.79 Å². The first-order chi connectivity index (χ1) is 17.5. The highest BCUT2D eigenvalue weighted by Crippen LogP contribution is 2.32. The van der Waals surface area contributed by atoms with E-state index in [4.69, 9.17) is 19.5 Å². The molecule has 9 heteroatoms. The Bertz CT molecular complexity index is 1530. The lowest BCUT2D eigenvalue weighted by Gasteiger charge is -2.25. The van der Waals surface area contributed by atoms with Crippen LogP contribution in [-0.4, -0.2) is 30.9 Å². The van der Waals surface area contributed by atoms with Gasteiger partial charge >= 0.3 is 5.97 Å². The van der Waals surface area contributed by atoms with Crippen LogP contribution in [0.3, 0.4) is 0 Å². The van der Waals surface area contributed by atoms with E-state index in [1.807, 2.05) is 50.2 Å². The molecule has 3 aromatic rings. The topological polar surface area (TPSA) is 103 Å². The van der Waals surface area contributed by atoms with Gasteiger partial charge in [0.1, 0.15) is 6.07 Å². The number of aromatic nitrogens is 1. The van der Waals surface area contributed by atoms with Gasteiger partial charge in [0.05, 0.1) is 35.6 Å². The number of carbonyl (C=O) groups is 1. The standard InChI is InChI=1S/C27H25N3O5S/c1-4-19-23(26(32)33-3)24(18-9-7-6-8-10-18)30-25(31)22(36-27(30)29-19)16-17-11-12-20(35-14-13-28)21(15-17)34-5-2/h6-12,15-16,24H,4-5,14H2,1-3H3/b22-16-/t24-/m0/s1. The van der Waals surface area contributed by atoms with Crippen molar-refractivity contribution in [3.63, 3.8) is 0 Å². The van der Waals surface area contributed by atoms with Crippen molar-refractivity contribution in [2.45, 2.75) is 26.3 Å². The van der Waals surface area contributed by atoms with E-state index in [1.165, 1.54) is 18.4 Å². The van der Waals surface area contributed by atoms with Gasteiger partial charge in [-0.05, 0) is 42.7 Å². The summed E-state index contributed by atoms with van der Waals surface area (Å²) < 4.78 is 18.2. The average Bonchev–Trinajstić information content (AvgIpc) is 3.21. The van der Waals surface area contributed by atoms with Gasteiger partial charge in [0.15, 0.2) is 22.9 Å². The van der Waals surface area contributed by atoms with Crippen LogP contribution in [0.15, 0.2) is 69.6 Å². The molecule has 8 nitrogen and oxygen atoms in total. The predicted octanol–water partition coefficient (Wildman–Crippen LogP) is 3.10. The second kappa shape index (κ2) is 11.1. The van der Waals surface area contributed by atoms with Crippen molar-refractivity contribution < 1.29 is 19.0 Å². The van der Waals surface area contributed by atoms with Crippen LogP contribution in [0.5, 0.6) is 11.5 Å². The van der Waals surface area contributed by atoms with Crippen molar-refractivity contribution in [2.24, 2.45) is 4.99 Å². The van der Waals surface area contributed by atoms with Gasteiger partial charge in [-0.2, -0.15) is 5.26 Å². The van der Waals surface area contributed by atoms with Crippen LogP contribution in [0.1, 0.15) is 37.4 Å². The third-order valence-electron chi connectivity index (χ3n) is 5.62. The lowest BCUT2D eigenvalue weighted by atomic mass is 9.95. The molecular weight excluding hydrogens is 478 g/mol. The van der Waals surface area contributed by atoms with Gasteiger partial charge < -0.3 is 14.2 Å². The third-order valence-corrected chi connectivity index (χ3v) is 6.61. The highest BCUT2D eigenvalue weighted by molar-refractivity contribution is 7.07. The molecule has 0 N–H and O–H groups in total. The molecule has 0 unspecified atom stereocenters. The van der Waals surface area contributed by atoms with Crippen LogP contribution in [0.25, 0.3) is 6.08 Å². The molecule has 0 saturated heterocycles. The van der Waals surface area contributed by atoms with E-state index in [2.05, 4.69) is 4.99 Å².